The number of hydrogen-bond acceptors (Lipinski definition) is 13. The van der Waals surface area contributed by atoms with Gasteiger partial charge in [0.2, 0.25) is 0 Å². The molecule has 13 nitrogen and oxygen atoms in total. The quantitative estimate of drug-likeness (QED) is 0.0769. The fraction of sp³-hybridized carbons (Fsp3) is 0.364. The van der Waals surface area contributed by atoms with E-state index >= 15 is 0 Å². The van der Waals surface area contributed by atoms with Crippen LogP contribution in [0, 0.1) is 0 Å². The zero-order valence-corrected chi connectivity index (χ0v) is 20.1. The maximum absolute atomic E-state index is 11.6. The molecule has 14 heteroatoms. The molecule has 0 aliphatic carbocycles. The van der Waals surface area contributed by atoms with E-state index in [0.717, 1.165) is 36.5 Å². The summed E-state index contributed by atoms with van der Waals surface area (Å²) in [5.74, 6) is -3.14. The molecule has 0 rings (SSSR count). The molecule has 0 aromatic carbocycles. The molecule has 0 fully saturated rings. The van der Waals surface area contributed by atoms with Crippen molar-refractivity contribution in [3.05, 3.63) is 49.6 Å². The summed E-state index contributed by atoms with van der Waals surface area (Å²) in [6, 6.07) is 0. The largest absolute Gasteiger partial charge is 0.462 e. The number of allylic oxidation sites excluding steroid dienone is 2. The smallest absolute Gasteiger partial charge is 0.330 e. The lowest BCUT2D eigenvalue weighted by Crippen LogP contribution is -2.26. The van der Waals surface area contributed by atoms with E-state index in [2.05, 4.69) is 13.2 Å². The van der Waals surface area contributed by atoms with Crippen LogP contribution in [0.1, 0.15) is 12.8 Å². The Morgan fingerprint density at radius 1 is 0.694 bits per heavy atom. The molecule has 2 atom stereocenters. The van der Waals surface area contributed by atoms with Gasteiger partial charge in [-0.25, -0.2) is 19.2 Å². The van der Waals surface area contributed by atoms with Crippen molar-refractivity contribution in [3.63, 3.8) is 0 Å². The summed E-state index contributed by atoms with van der Waals surface area (Å²) >= 11 is 0. The minimum absolute atomic E-state index is 0.0277. The van der Waals surface area contributed by atoms with Gasteiger partial charge in [-0.15, -0.1) is 0 Å². The molecule has 0 spiro atoms. The van der Waals surface area contributed by atoms with Gasteiger partial charge in [0.05, 0.1) is 13.2 Å². The lowest BCUT2D eigenvalue weighted by Gasteiger charge is -2.23. The lowest BCUT2D eigenvalue weighted by atomic mass is 10.3. The van der Waals surface area contributed by atoms with Crippen molar-refractivity contribution in [2.45, 2.75) is 25.0 Å². The molecule has 0 saturated carbocycles. The van der Waals surface area contributed by atoms with Gasteiger partial charge in [0, 0.05) is 37.1 Å². The second-order valence-corrected chi connectivity index (χ2v) is 7.16. The van der Waals surface area contributed by atoms with E-state index in [4.69, 9.17) is 28.0 Å². The molecule has 0 bridgehead atoms. The Kier molecular flexibility index (Phi) is 18.8. The van der Waals surface area contributed by atoms with Gasteiger partial charge < -0.3 is 32.9 Å². The highest BCUT2D eigenvalue weighted by atomic mass is 31.2. The Bertz CT molecular complexity index is 755. The molecule has 2 unspecified atom stereocenters. The van der Waals surface area contributed by atoms with Crippen LogP contribution in [0.15, 0.2) is 49.6 Å². The van der Waals surface area contributed by atoms with Crippen LogP contribution in [-0.2, 0) is 56.8 Å². The van der Waals surface area contributed by atoms with Crippen LogP contribution in [0.25, 0.3) is 0 Å². The summed E-state index contributed by atoms with van der Waals surface area (Å²) in [5.41, 5.74) is 0. The van der Waals surface area contributed by atoms with Crippen molar-refractivity contribution >= 4 is 45.1 Å². The Morgan fingerprint density at radius 3 is 1.42 bits per heavy atom. The molecule has 0 radical (unpaired) electrons. The van der Waals surface area contributed by atoms with Gasteiger partial charge in [-0.2, -0.15) is 0 Å². The highest BCUT2D eigenvalue weighted by molar-refractivity contribution is 7.40. The van der Waals surface area contributed by atoms with Gasteiger partial charge in [0.1, 0.15) is 38.0 Å². The number of carbonyl (C=O) groups is 6. The maximum atomic E-state index is 11.6. The fourth-order valence-corrected chi connectivity index (χ4v) is 2.89. The number of esters is 4. The van der Waals surface area contributed by atoms with Crippen LogP contribution < -0.4 is 0 Å². The summed E-state index contributed by atoms with van der Waals surface area (Å²) in [6.45, 7) is 5.35. The fourth-order valence-electron chi connectivity index (χ4n) is 1.99. The Morgan fingerprint density at radius 2 is 1.08 bits per heavy atom. The third-order valence-corrected chi connectivity index (χ3v) is 4.58. The van der Waals surface area contributed by atoms with Crippen molar-refractivity contribution in [1.29, 1.82) is 0 Å². The molecule has 1 N–H and O–H groups in total. The zero-order chi connectivity index (χ0) is 27.2. The minimum Gasteiger partial charge on any atom is -0.462 e. The van der Waals surface area contributed by atoms with E-state index in [9.17, 15) is 33.7 Å². The third-order valence-electron chi connectivity index (χ3n) is 3.62. The number of carbonyl (C=O) groups excluding carboxylic acids is 6. The molecule has 0 amide bonds. The molecule has 0 aliphatic rings. The Labute approximate surface area is 208 Å². The summed E-state index contributed by atoms with van der Waals surface area (Å²) < 4.78 is 30.2. The van der Waals surface area contributed by atoms with E-state index in [-0.39, 0.29) is 26.1 Å². The molecular formula is C22H27O13P. The second-order valence-electron chi connectivity index (χ2n) is 6.26. The molecular weight excluding hydrogens is 503 g/mol. The Hall–Kier alpha value is -3.51. The normalized spacial score (nSPS) is 13.2. The first-order valence-corrected chi connectivity index (χ1v) is 11.4. The third kappa shape index (κ3) is 17.9. The highest BCUT2D eigenvalue weighted by Crippen LogP contribution is 2.37. The summed E-state index contributed by atoms with van der Waals surface area (Å²) in [4.78, 5) is 76.5. The number of rotatable bonds is 20. The van der Waals surface area contributed by atoms with Gasteiger partial charge in [-0.3, -0.25) is 9.59 Å². The van der Waals surface area contributed by atoms with Gasteiger partial charge in [0.25, 0.3) is 0 Å². The van der Waals surface area contributed by atoms with Crippen LogP contribution in [0.2, 0.25) is 0 Å². The topological polar surface area (TPSA) is 178 Å². The van der Waals surface area contributed by atoms with Crippen molar-refractivity contribution < 1.29 is 61.7 Å². The number of ether oxygens (including phenoxy) is 4. The minimum atomic E-state index is -2.67. The predicted octanol–water partition coefficient (Wildman–Crippen LogP) is 0.811. The summed E-state index contributed by atoms with van der Waals surface area (Å²) in [6.07, 6.45) is 4.13. The molecule has 0 saturated heterocycles. The summed E-state index contributed by atoms with van der Waals surface area (Å²) in [7, 11) is -2.67. The van der Waals surface area contributed by atoms with Crippen molar-refractivity contribution in [2.24, 2.45) is 0 Å². The number of hydrogen-bond donors (Lipinski definition) is 1. The first-order chi connectivity index (χ1) is 17.2. The van der Waals surface area contributed by atoms with Crippen LogP contribution in [0.3, 0.4) is 0 Å². The van der Waals surface area contributed by atoms with Crippen molar-refractivity contribution in [3.8, 4) is 0 Å². The van der Waals surface area contributed by atoms with E-state index in [1.807, 2.05) is 0 Å². The van der Waals surface area contributed by atoms with Crippen molar-refractivity contribution in [1.82, 2.24) is 0 Å². The van der Waals surface area contributed by atoms with Gasteiger partial charge in [-0.05, 0) is 12.2 Å². The molecule has 0 aromatic rings. The predicted molar refractivity (Wildman–Crippen MR) is 123 cm³/mol. The monoisotopic (exact) mass is 530 g/mol. The second kappa shape index (κ2) is 20.8. The first kappa shape index (κ1) is 32.5. The SMILES string of the molecule is C=CC(=O)OCCC(COC(=O)C=CC=O)OP(O)OC(CCOC(=O)C=C)COC(=O)C=CC=O. The van der Waals surface area contributed by atoms with Gasteiger partial charge in [-0.1, -0.05) is 13.2 Å². The lowest BCUT2D eigenvalue weighted by molar-refractivity contribution is -0.144. The van der Waals surface area contributed by atoms with Crippen LogP contribution in [-0.4, -0.2) is 80.0 Å². The average Bonchev–Trinajstić information content (AvgIpc) is 2.87. The van der Waals surface area contributed by atoms with Crippen molar-refractivity contribution in [2.75, 3.05) is 26.4 Å². The molecule has 0 heterocycles. The van der Waals surface area contributed by atoms with E-state index < -0.39 is 57.9 Å². The van der Waals surface area contributed by atoms with Gasteiger partial charge >= 0.3 is 32.5 Å². The molecule has 0 aliphatic heterocycles. The molecule has 0 aromatic heterocycles. The van der Waals surface area contributed by atoms with Crippen LogP contribution in [0.5, 0.6) is 0 Å². The van der Waals surface area contributed by atoms with Gasteiger partial charge in [0.15, 0.2) is 0 Å². The number of aldehydes is 2. The molecule has 36 heavy (non-hydrogen) atoms. The van der Waals surface area contributed by atoms with E-state index in [1.165, 1.54) is 0 Å². The molecule has 198 valence electrons. The van der Waals surface area contributed by atoms with Crippen LogP contribution in [0.4, 0.5) is 0 Å². The average molecular weight is 530 g/mol. The van der Waals surface area contributed by atoms with Crippen LogP contribution >= 0.6 is 8.60 Å². The Balaban J connectivity index is 5.12. The first-order valence-electron chi connectivity index (χ1n) is 10.2. The van der Waals surface area contributed by atoms with E-state index in [0.29, 0.717) is 12.6 Å². The van der Waals surface area contributed by atoms with E-state index in [1.54, 1.807) is 0 Å². The standard InChI is InChI=1S/C22H27O13P/c1-3-19(25)30-13-9-17(15-32-21(27)7-5-11-23)34-36(29)35-18(10-14-31-20(26)4-2)16-33-22(28)8-6-12-24/h3-8,11-12,17-18,29H,1-2,9-10,13-16H2. The summed E-state index contributed by atoms with van der Waals surface area (Å²) in [5, 5.41) is 0. The highest BCUT2D eigenvalue weighted by Gasteiger charge is 2.24. The zero-order valence-electron chi connectivity index (χ0n) is 19.2. The maximum Gasteiger partial charge on any atom is 0.330 e.